The fraction of sp³-hybridized carbons (Fsp3) is 0.444. The third kappa shape index (κ3) is 3.70. The Bertz CT molecular complexity index is 856. The molecule has 4 N–H and O–H groups in total. The van der Waals surface area contributed by atoms with E-state index in [1.54, 1.807) is 25.4 Å². The Morgan fingerprint density at radius 3 is 2.79 bits per heavy atom. The van der Waals surface area contributed by atoms with Gasteiger partial charge in [0, 0.05) is 37.8 Å². The van der Waals surface area contributed by atoms with Crippen molar-refractivity contribution < 1.29 is 18.4 Å². The zero-order chi connectivity index (χ0) is 20.6. The highest BCUT2D eigenvalue weighted by molar-refractivity contribution is 5.96. The maximum Gasteiger partial charge on any atom is 0.270 e. The molecule has 1 aromatic heterocycles. The van der Waals surface area contributed by atoms with Gasteiger partial charge < -0.3 is 25.0 Å². The molecule has 11 heteroatoms. The zero-order valence-electron chi connectivity index (χ0n) is 15.9. The normalized spacial score (nSPS) is 22.9. The summed E-state index contributed by atoms with van der Waals surface area (Å²) in [4.78, 5) is 31.9. The molecule has 1 aromatic rings. The van der Waals surface area contributed by atoms with Crippen LogP contribution in [0, 0.1) is 0 Å². The first-order valence-corrected chi connectivity index (χ1v) is 9.38. The van der Waals surface area contributed by atoms with Gasteiger partial charge in [-0.1, -0.05) is 0 Å². The van der Waals surface area contributed by atoms with Gasteiger partial charge in [0.2, 0.25) is 6.41 Å². The van der Waals surface area contributed by atoms with Gasteiger partial charge in [-0.05, 0) is 25.3 Å². The van der Waals surface area contributed by atoms with Crippen molar-refractivity contribution in [3.8, 4) is 0 Å². The monoisotopic (exact) mass is 407 g/mol. The van der Waals surface area contributed by atoms with Crippen LogP contribution in [0.4, 0.5) is 20.3 Å². The number of anilines is 2. The Labute approximate surface area is 166 Å². The van der Waals surface area contributed by atoms with E-state index >= 15 is 0 Å². The van der Waals surface area contributed by atoms with Crippen LogP contribution >= 0.6 is 0 Å². The highest BCUT2D eigenvalue weighted by atomic mass is 19.3. The fourth-order valence-electron chi connectivity index (χ4n) is 3.68. The summed E-state index contributed by atoms with van der Waals surface area (Å²) < 4.78 is 26.7. The minimum Gasteiger partial charge on any atom is -0.364 e. The van der Waals surface area contributed by atoms with E-state index in [4.69, 9.17) is 0 Å². The predicted octanol–water partition coefficient (Wildman–Crippen LogP) is 0.995. The van der Waals surface area contributed by atoms with E-state index in [1.165, 1.54) is 9.80 Å². The highest BCUT2D eigenvalue weighted by Gasteiger charge is 2.37. The number of allylic oxidation sites excluding steroid dienone is 1. The van der Waals surface area contributed by atoms with E-state index < -0.39 is 5.92 Å². The van der Waals surface area contributed by atoms with Gasteiger partial charge in [-0.25, -0.2) is 14.2 Å². The van der Waals surface area contributed by atoms with Crippen LogP contribution in [0.1, 0.15) is 23.3 Å². The fourth-order valence-corrected chi connectivity index (χ4v) is 3.68. The number of fused-ring (bicyclic) bond motifs is 1. The first-order chi connectivity index (χ1) is 13.9. The van der Waals surface area contributed by atoms with Gasteiger partial charge in [-0.15, -0.1) is 0 Å². The summed E-state index contributed by atoms with van der Waals surface area (Å²) in [5.74, 6) is -2.26. The third-order valence-electron chi connectivity index (χ3n) is 5.30. The molecule has 3 aliphatic heterocycles. The summed E-state index contributed by atoms with van der Waals surface area (Å²) in [6.45, 7) is 0.577. The number of H-pyrrole nitrogens is 1. The summed E-state index contributed by atoms with van der Waals surface area (Å²) in [7, 11) is 1.71. The van der Waals surface area contributed by atoms with Gasteiger partial charge in [0.05, 0.1) is 12.4 Å². The minimum atomic E-state index is -2.69. The van der Waals surface area contributed by atoms with Crippen molar-refractivity contribution in [1.82, 2.24) is 25.6 Å². The van der Waals surface area contributed by atoms with Crippen LogP contribution in [0.5, 0.6) is 0 Å². The number of aromatic nitrogens is 1. The minimum absolute atomic E-state index is 0.0411. The number of nitrogens with one attached hydrogen (secondary N) is 4. The number of carbonyl (C=O) groups is 2. The molecule has 1 unspecified atom stereocenters. The van der Waals surface area contributed by atoms with Crippen molar-refractivity contribution >= 4 is 23.8 Å². The SMILES string of the molecule is CNNC1C=C(N2CNc3cc(C(=O)N4CCC(F)(F)CC4)[nH]c32)C=CN1C=O. The molecule has 1 saturated heterocycles. The van der Waals surface area contributed by atoms with Gasteiger partial charge in [0.1, 0.15) is 17.7 Å². The summed E-state index contributed by atoms with van der Waals surface area (Å²) in [6.07, 6.45) is 5.07. The standard InChI is InChI=1S/C18H23F2N7O2/c1-21-24-15-8-12(2-5-26(15)11-28)27-10-22-13-9-14(23-16(13)27)17(29)25-6-3-18(19,20)4-7-25/h2,5,8-9,11,15,21-24H,3-4,6-7,10H2,1H3. The van der Waals surface area contributed by atoms with Crippen molar-refractivity contribution in [3.63, 3.8) is 0 Å². The summed E-state index contributed by atoms with van der Waals surface area (Å²) in [5, 5.41) is 3.22. The van der Waals surface area contributed by atoms with Crippen LogP contribution in [-0.2, 0) is 4.79 Å². The molecule has 156 valence electrons. The molecule has 9 nitrogen and oxygen atoms in total. The number of hydrogen-bond acceptors (Lipinski definition) is 6. The molecule has 0 saturated carbocycles. The molecule has 1 fully saturated rings. The average Bonchev–Trinajstić information content (AvgIpc) is 3.28. The summed E-state index contributed by atoms with van der Waals surface area (Å²) >= 11 is 0. The highest BCUT2D eigenvalue weighted by Crippen LogP contribution is 2.36. The second-order valence-electron chi connectivity index (χ2n) is 7.16. The van der Waals surface area contributed by atoms with Crippen LogP contribution in [-0.4, -0.2) is 66.0 Å². The topological polar surface area (TPSA) is 95.7 Å². The number of nitrogens with zero attached hydrogens (tertiary/aromatic N) is 3. The lowest BCUT2D eigenvalue weighted by molar-refractivity contribution is -0.117. The smallest absolute Gasteiger partial charge is 0.270 e. The lowest BCUT2D eigenvalue weighted by atomic mass is 10.1. The predicted molar refractivity (Wildman–Crippen MR) is 103 cm³/mol. The number of hydrogen-bond donors (Lipinski definition) is 4. The van der Waals surface area contributed by atoms with Gasteiger partial charge >= 0.3 is 0 Å². The third-order valence-corrected chi connectivity index (χ3v) is 5.30. The molecule has 29 heavy (non-hydrogen) atoms. The number of carbonyl (C=O) groups excluding carboxylic acids is 2. The van der Waals surface area contributed by atoms with Crippen LogP contribution in [0.25, 0.3) is 0 Å². The van der Waals surface area contributed by atoms with Crippen LogP contribution in [0.2, 0.25) is 0 Å². The van der Waals surface area contributed by atoms with E-state index in [0.29, 0.717) is 18.2 Å². The molecule has 0 radical (unpaired) electrons. The lowest BCUT2D eigenvalue weighted by Crippen LogP contribution is -2.48. The lowest BCUT2D eigenvalue weighted by Gasteiger charge is -2.31. The molecular formula is C18H23F2N7O2. The number of amides is 2. The average molecular weight is 407 g/mol. The quantitative estimate of drug-likeness (QED) is 0.430. The van der Waals surface area contributed by atoms with Crippen molar-refractivity contribution in [2.24, 2.45) is 0 Å². The molecule has 4 rings (SSSR count). The molecule has 0 bridgehead atoms. The molecule has 0 aromatic carbocycles. The van der Waals surface area contributed by atoms with Gasteiger partial charge in [0.15, 0.2) is 0 Å². The Kier molecular flexibility index (Phi) is 5.01. The molecular weight excluding hydrogens is 384 g/mol. The van der Waals surface area contributed by atoms with Crippen molar-refractivity contribution in [2.75, 3.05) is 37.0 Å². The van der Waals surface area contributed by atoms with Crippen molar-refractivity contribution in [3.05, 3.63) is 35.8 Å². The molecule has 2 amide bonds. The summed E-state index contributed by atoms with van der Waals surface area (Å²) in [6, 6.07) is 1.71. The number of likely N-dealkylation sites (tertiary alicyclic amines) is 1. The summed E-state index contributed by atoms with van der Waals surface area (Å²) in [5.41, 5.74) is 7.75. The van der Waals surface area contributed by atoms with E-state index in [1.807, 2.05) is 11.0 Å². The van der Waals surface area contributed by atoms with Gasteiger partial charge in [-0.2, -0.15) is 0 Å². The number of rotatable bonds is 5. The van der Waals surface area contributed by atoms with E-state index in [-0.39, 0.29) is 38.0 Å². The second kappa shape index (κ2) is 7.48. The molecule has 4 heterocycles. The Morgan fingerprint density at radius 2 is 2.10 bits per heavy atom. The number of alkyl halides is 2. The largest absolute Gasteiger partial charge is 0.364 e. The number of hydrazine groups is 1. The van der Waals surface area contributed by atoms with E-state index in [9.17, 15) is 18.4 Å². The first kappa shape index (κ1) is 19.4. The van der Waals surface area contributed by atoms with Crippen molar-refractivity contribution in [1.29, 1.82) is 0 Å². The van der Waals surface area contributed by atoms with Crippen molar-refractivity contribution in [2.45, 2.75) is 24.9 Å². The number of halogens is 2. The van der Waals surface area contributed by atoms with Crippen LogP contribution in [0.3, 0.4) is 0 Å². The molecule has 3 aliphatic rings. The molecule has 1 atom stereocenters. The maximum absolute atomic E-state index is 13.4. The Balaban J connectivity index is 1.51. The Morgan fingerprint density at radius 1 is 1.34 bits per heavy atom. The molecule has 0 spiro atoms. The Hall–Kier alpha value is -2.92. The maximum atomic E-state index is 13.4. The van der Waals surface area contributed by atoms with E-state index in [2.05, 4.69) is 21.2 Å². The molecule has 0 aliphatic carbocycles. The van der Waals surface area contributed by atoms with Gasteiger partial charge in [-0.3, -0.25) is 15.0 Å². The number of aromatic amines is 1. The van der Waals surface area contributed by atoms with Gasteiger partial charge in [0.25, 0.3) is 11.8 Å². The zero-order valence-corrected chi connectivity index (χ0v) is 15.9. The second-order valence-corrected chi connectivity index (χ2v) is 7.16. The number of piperidine rings is 1. The van der Waals surface area contributed by atoms with Crippen LogP contribution < -0.4 is 21.1 Å². The van der Waals surface area contributed by atoms with E-state index in [0.717, 1.165) is 17.8 Å². The first-order valence-electron chi connectivity index (χ1n) is 9.38. The van der Waals surface area contributed by atoms with Crippen LogP contribution in [0.15, 0.2) is 30.1 Å².